The number of ether oxygens (including phenoxy) is 3. The van der Waals surface area contributed by atoms with Crippen molar-refractivity contribution in [3.63, 3.8) is 0 Å². The van der Waals surface area contributed by atoms with Crippen LogP contribution in [0.3, 0.4) is 0 Å². The van der Waals surface area contributed by atoms with Crippen LogP contribution in [-0.2, 0) is 28.6 Å². The molecule has 0 aliphatic carbocycles. The van der Waals surface area contributed by atoms with Gasteiger partial charge in [-0.15, -0.1) is 0 Å². The molecule has 402 valence electrons. The molecule has 1 atom stereocenters. The van der Waals surface area contributed by atoms with Gasteiger partial charge in [0.05, 0.1) is 0 Å². The molecule has 6 heteroatoms. The molecule has 0 heterocycles. The second-order valence-electron chi connectivity index (χ2n) is 19.5. The lowest BCUT2D eigenvalue weighted by atomic mass is 10.1. The lowest BCUT2D eigenvalue weighted by Gasteiger charge is -2.18. The van der Waals surface area contributed by atoms with Crippen molar-refractivity contribution in [2.24, 2.45) is 0 Å². The normalized spacial score (nSPS) is 12.7. The van der Waals surface area contributed by atoms with E-state index in [1.54, 1.807) is 0 Å². The fourth-order valence-corrected chi connectivity index (χ4v) is 8.21. The second kappa shape index (κ2) is 58.2. The molecule has 0 radical (unpaired) electrons. The molecule has 0 fully saturated rings. The van der Waals surface area contributed by atoms with Crippen LogP contribution in [0.15, 0.2) is 85.1 Å². The van der Waals surface area contributed by atoms with E-state index in [1.165, 1.54) is 135 Å². The predicted molar refractivity (Wildman–Crippen MR) is 302 cm³/mol. The van der Waals surface area contributed by atoms with Gasteiger partial charge < -0.3 is 14.2 Å². The average Bonchev–Trinajstić information content (AvgIpc) is 3.36. The number of carbonyl (C=O) groups excluding carboxylic acids is 3. The Balaban J connectivity index is 4.31. The van der Waals surface area contributed by atoms with E-state index in [0.717, 1.165) is 109 Å². The minimum Gasteiger partial charge on any atom is -0.462 e. The van der Waals surface area contributed by atoms with Gasteiger partial charge in [0.1, 0.15) is 13.2 Å². The van der Waals surface area contributed by atoms with Crippen molar-refractivity contribution in [3.05, 3.63) is 85.1 Å². The van der Waals surface area contributed by atoms with Crippen molar-refractivity contribution in [2.75, 3.05) is 13.2 Å². The lowest BCUT2D eigenvalue weighted by Crippen LogP contribution is -2.30. The highest BCUT2D eigenvalue weighted by atomic mass is 16.6. The van der Waals surface area contributed by atoms with Crippen molar-refractivity contribution in [3.8, 4) is 0 Å². The maximum Gasteiger partial charge on any atom is 0.306 e. The monoisotopic (exact) mass is 975 g/mol. The van der Waals surface area contributed by atoms with Crippen LogP contribution in [0, 0.1) is 0 Å². The van der Waals surface area contributed by atoms with Gasteiger partial charge in [-0.25, -0.2) is 0 Å². The molecule has 0 rings (SSSR count). The van der Waals surface area contributed by atoms with Crippen molar-refractivity contribution in [2.45, 2.75) is 290 Å². The van der Waals surface area contributed by atoms with Gasteiger partial charge in [0.15, 0.2) is 6.10 Å². The molecule has 6 nitrogen and oxygen atoms in total. The Labute approximate surface area is 433 Å². The Bertz CT molecular complexity index is 1350. The highest BCUT2D eigenvalue weighted by Gasteiger charge is 2.19. The Morgan fingerprint density at radius 2 is 0.557 bits per heavy atom. The number of esters is 3. The maximum atomic E-state index is 12.9. The molecule has 0 spiro atoms. The fourth-order valence-electron chi connectivity index (χ4n) is 8.21. The van der Waals surface area contributed by atoms with Crippen LogP contribution in [0.5, 0.6) is 0 Å². The molecule has 0 amide bonds. The fraction of sp³-hybridized carbons (Fsp3) is 0.734. The zero-order valence-corrected chi connectivity index (χ0v) is 46.0. The van der Waals surface area contributed by atoms with Gasteiger partial charge in [0, 0.05) is 19.3 Å². The third kappa shape index (κ3) is 55.5. The summed E-state index contributed by atoms with van der Waals surface area (Å²) in [4.78, 5) is 38.1. The lowest BCUT2D eigenvalue weighted by molar-refractivity contribution is -0.167. The molecule has 0 bridgehead atoms. The van der Waals surface area contributed by atoms with Crippen LogP contribution >= 0.6 is 0 Å². The van der Waals surface area contributed by atoms with E-state index >= 15 is 0 Å². The van der Waals surface area contributed by atoms with Crippen LogP contribution in [0.25, 0.3) is 0 Å². The summed E-state index contributed by atoms with van der Waals surface area (Å²) in [6.07, 6.45) is 75.8. The smallest absolute Gasteiger partial charge is 0.306 e. The zero-order valence-electron chi connectivity index (χ0n) is 46.0. The second-order valence-corrected chi connectivity index (χ2v) is 19.5. The number of unbranched alkanes of at least 4 members (excludes halogenated alkanes) is 28. The van der Waals surface area contributed by atoms with Crippen LogP contribution in [0.2, 0.25) is 0 Å². The van der Waals surface area contributed by atoms with Crippen LogP contribution in [0.4, 0.5) is 0 Å². The summed E-state index contributed by atoms with van der Waals surface area (Å²) < 4.78 is 16.9. The minimum atomic E-state index is -0.784. The van der Waals surface area contributed by atoms with Crippen LogP contribution < -0.4 is 0 Å². The van der Waals surface area contributed by atoms with E-state index < -0.39 is 6.10 Å². The molecule has 0 saturated heterocycles. The first-order valence-electron chi connectivity index (χ1n) is 29.6. The summed E-state index contributed by atoms with van der Waals surface area (Å²) in [7, 11) is 0. The third-order valence-electron chi connectivity index (χ3n) is 12.6. The van der Waals surface area contributed by atoms with E-state index in [-0.39, 0.29) is 31.1 Å². The molecule has 0 aliphatic heterocycles. The molecule has 0 N–H and O–H groups in total. The predicted octanol–water partition coefficient (Wildman–Crippen LogP) is 19.9. The number of rotatable bonds is 53. The summed E-state index contributed by atoms with van der Waals surface area (Å²) in [5.74, 6) is -0.893. The van der Waals surface area contributed by atoms with Gasteiger partial charge >= 0.3 is 17.9 Å². The Morgan fingerprint density at radius 1 is 0.300 bits per heavy atom. The first-order valence-corrected chi connectivity index (χ1v) is 29.6. The highest BCUT2D eigenvalue weighted by molar-refractivity contribution is 5.71. The molecule has 0 saturated carbocycles. The Morgan fingerprint density at radius 3 is 0.900 bits per heavy atom. The summed E-state index contributed by atoms with van der Waals surface area (Å²) >= 11 is 0. The largest absolute Gasteiger partial charge is 0.462 e. The molecular formula is C64H110O6. The molecule has 0 aromatic rings. The number of hydrogen-bond acceptors (Lipinski definition) is 6. The maximum absolute atomic E-state index is 12.9. The van der Waals surface area contributed by atoms with Crippen molar-refractivity contribution in [1.82, 2.24) is 0 Å². The van der Waals surface area contributed by atoms with Crippen LogP contribution in [0.1, 0.15) is 284 Å². The number of hydrogen-bond donors (Lipinski definition) is 0. The summed E-state index contributed by atoms with van der Waals surface area (Å²) in [6, 6.07) is 0. The average molecular weight is 976 g/mol. The number of allylic oxidation sites excluding steroid dienone is 14. The minimum absolute atomic E-state index is 0.0812. The quantitative estimate of drug-likeness (QED) is 0.0261. The Hall–Kier alpha value is -3.41. The van der Waals surface area contributed by atoms with E-state index in [1.807, 2.05) is 0 Å². The van der Waals surface area contributed by atoms with Crippen molar-refractivity contribution < 1.29 is 28.6 Å². The third-order valence-corrected chi connectivity index (χ3v) is 12.6. The van der Waals surface area contributed by atoms with Gasteiger partial charge in [-0.3, -0.25) is 14.4 Å². The van der Waals surface area contributed by atoms with Crippen molar-refractivity contribution >= 4 is 17.9 Å². The SMILES string of the molecule is CC/C=C\C/C=C\C/C=C\C/C=C\CCCCCCCCCCCCC(=O)OCC(COC(=O)CCCCCCCCCCCC)OC(=O)CCCCCCCC/C=C\C/C=C\C/C=C\CCCCC. The van der Waals surface area contributed by atoms with Crippen LogP contribution in [-0.4, -0.2) is 37.2 Å². The molecule has 70 heavy (non-hydrogen) atoms. The summed E-state index contributed by atoms with van der Waals surface area (Å²) in [6.45, 7) is 6.49. The first-order chi connectivity index (χ1) is 34.5. The van der Waals surface area contributed by atoms with E-state index in [2.05, 4.69) is 106 Å². The van der Waals surface area contributed by atoms with E-state index in [9.17, 15) is 14.4 Å². The first kappa shape index (κ1) is 66.6. The summed E-state index contributed by atoms with van der Waals surface area (Å²) in [5.41, 5.74) is 0. The molecular weight excluding hydrogens is 865 g/mol. The molecule has 0 aromatic heterocycles. The Kier molecular flexibility index (Phi) is 55.3. The van der Waals surface area contributed by atoms with Gasteiger partial charge in [-0.2, -0.15) is 0 Å². The standard InChI is InChI=1S/C64H110O6/c1-4-7-10-13-16-19-22-24-26-28-30-31-32-33-35-36-38-40-42-45-48-51-54-57-63(66)69-60-61(59-68-62(65)56-53-50-47-44-21-18-15-12-9-6-3)70-64(67)58-55-52-49-46-43-41-39-37-34-29-27-25-23-20-17-14-11-8-5-2/h7,10,16-17,19-20,24-27,30-31,34,37,61H,4-6,8-9,11-15,18,21-23,28-29,32-33,35-36,38-60H2,1-3H3/b10-7-,19-16-,20-17-,26-24-,27-25-,31-30-,37-34-. The van der Waals surface area contributed by atoms with Gasteiger partial charge in [-0.05, 0) is 96.3 Å². The van der Waals surface area contributed by atoms with Gasteiger partial charge in [0.2, 0.25) is 0 Å². The van der Waals surface area contributed by atoms with E-state index in [4.69, 9.17) is 14.2 Å². The van der Waals surface area contributed by atoms with Gasteiger partial charge in [0.25, 0.3) is 0 Å². The summed E-state index contributed by atoms with van der Waals surface area (Å²) in [5, 5.41) is 0. The van der Waals surface area contributed by atoms with Gasteiger partial charge in [-0.1, -0.05) is 254 Å². The zero-order chi connectivity index (χ0) is 50.7. The topological polar surface area (TPSA) is 78.9 Å². The highest BCUT2D eigenvalue weighted by Crippen LogP contribution is 2.15. The number of carbonyl (C=O) groups is 3. The van der Waals surface area contributed by atoms with E-state index in [0.29, 0.717) is 19.3 Å². The van der Waals surface area contributed by atoms with Crippen molar-refractivity contribution in [1.29, 1.82) is 0 Å². The molecule has 0 aliphatic rings. The molecule has 1 unspecified atom stereocenters. The molecule has 0 aromatic carbocycles.